The van der Waals surface area contributed by atoms with Gasteiger partial charge < -0.3 is 4.90 Å². The average molecular weight is 587 g/mol. The lowest BCUT2D eigenvalue weighted by atomic mass is 10.0. The summed E-state index contributed by atoms with van der Waals surface area (Å²) in [4.78, 5) is 28.4. The first-order chi connectivity index (χ1) is 18.7. The molecule has 2 aliphatic heterocycles. The zero-order chi connectivity index (χ0) is 29.0. The lowest BCUT2D eigenvalue weighted by Gasteiger charge is -2.36. The van der Waals surface area contributed by atoms with Crippen LogP contribution in [0.15, 0.2) is 47.5 Å². The number of thioether (sulfide) groups is 1. The molecule has 2 fully saturated rings. The Bertz CT molecular complexity index is 1510. The predicted molar refractivity (Wildman–Crippen MR) is 134 cm³/mol. The van der Waals surface area contributed by atoms with Crippen LogP contribution in [0.4, 0.5) is 35.5 Å². The quantitative estimate of drug-likeness (QED) is 0.269. The third kappa shape index (κ3) is 5.46. The van der Waals surface area contributed by atoms with E-state index >= 15 is 0 Å². The number of imide groups is 1. The fraction of sp³-hybridized carbons (Fsp3) is 0.346. The first kappa shape index (κ1) is 28.1. The molecule has 0 N–H and O–H groups in total. The number of carbonyl (C=O) groups excluding carboxylic acids is 2. The van der Waals surface area contributed by atoms with Gasteiger partial charge in [0.05, 0.1) is 40.3 Å². The number of benzene rings is 2. The Morgan fingerprint density at radius 2 is 1.80 bits per heavy atom. The molecule has 212 valence electrons. The summed E-state index contributed by atoms with van der Waals surface area (Å²) in [6, 6.07) is 5.35. The van der Waals surface area contributed by atoms with Crippen LogP contribution in [0.25, 0.3) is 17.0 Å². The molecule has 0 bridgehead atoms. The van der Waals surface area contributed by atoms with Crippen molar-refractivity contribution in [2.24, 2.45) is 0 Å². The summed E-state index contributed by atoms with van der Waals surface area (Å²) in [5, 5.41) is 4.04. The maximum absolute atomic E-state index is 14.6. The van der Waals surface area contributed by atoms with Crippen LogP contribution in [-0.2, 0) is 23.7 Å². The lowest BCUT2D eigenvalue weighted by molar-refractivity contribution is -0.143. The molecule has 0 unspecified atom stereocenters. The van der Waals surface area contributed by atoms with Crippen LogP contribution in [-0.4, -0.2) is 63.1 Å². The minimum absolute atomic E-state index is 0.0862. The van der Waals surface area contributed by atoms with Crippen molar-refractivity contribution >= 4 is 39.9 Å². The number of fused-ring (bicyclic) bond motifs is 1. The normalized spacial score (nSPS) is 22.2. The first-order valence-corrected chi connectivity index (χ1v) is 12.9. The number of aromatic nitrogens is 2. The molecule has 5 rings (SSSR count). The fourth-order valence-corrected chi connectivity index (χ4v) is 5.77. The highest BCUT2D eigenvalue weighted by atomic mass is 32.2. The number of hydrogen-bond acceptors (Lipinski definition) is 5. The van der Waals surface area contributed by atoms with E-state index in [2.05, 4.69) is 5.10 Å². The van der Waals surface area contributed by atoms with Crippen LogP contribution in [0.1, 0.15) is 28.7 Å². The van der Waals surface area contributed by atoms with Crippen molar-refractivity contribution in [3.05, 3.63) is 69.8 Å². The molecule has 0 aliphatic carbocycles. The summed E-state index contributed by atoms with van der Waals surface area (Å²) in [7, 11) is 1.76. The van der Waals surface area contributed by atoms with Gasteiger partial charge in [-0.25, -0.2) is 4.39 Å². The van der Waals surface area contributed by atoms with E-state index in [1.807, 2.05) is 0 Å². The third-order valence-corrected chi connectivity index (χ3v) is 7.78. The van der Waals surface area contributed by atoms with Gasteiger partial charge in [-0.05, 0) is 66.7 Å². The van der Waals surface area contributed by atoms with Gasteiger partial charge in [0.25, 0.3) is 11.1 Å². The summed E-state index contributed by atoms with van der Waals surface area (Å²) in [5.41, 5.74) is -2.28. The lowest BCUT2D eigenvalue weighted by Crippen LogP contribution is -2.52. The fourth-order valence-electron chi connectivity index (χ4n) is 4.89. The number of likely N-dealkylation sites (tertiary alicyclic amines) is 1. The number of amides is 2. The number of nitrogens with zero attached hydrogens (tertiary/aromatic N) is 4. The number of carbonyl (C=O) groups is 2. The Balaban J connectivity index is 1.39. The second kappa shape index (κ2) is 10.2. The molecule has 2 amide bonds. The SMILES string of the molecule is CN1CC[C@@H](N2C(=O)SC(=Cc3ccc4c(cnn4Cc4ccc(C(F)(F)F)cc4C(F)(F)F)c3)C2=O)[C@H](F)C1. The van der Waals surface area contributed by atoms with Gasteiger partial charge in [0, 0.05) is 18.5 Å². The van der Waals surface area contributed by atoms with Gasteiger partial charge in [-0.3, -0.25) is 19.2 Å². The Morgan fingerprint density at radius 1 is 1.05 bits per heavy atom. The van der Waals surface area contributed by atoms with E-state index < -0.39 is 53.4 Å². The Labute approximate surface area is 227 Å². The van der Waals surface area contributed by atoms with Crippen LogP contribution in [0.3, 0.4) is 0 Å². The molecule has 3 heterocycles. The predicted octanol–water partition coefficient (Wildman–Crippen LogP) is 6.20. The highest BCUT2D eigenvalue weighted by Crippen LogP contribution is 2.39. The molecule has 6 nitrogen and oxygen atoms in total. The zero-order valence-electron chi connectivity index (χ0n) is 20.8. The molecule has 0 radical (unpaired) electrons. The molecule has 0 spiro atoms. The zero-order valence-corrected chi connectivity index (χ0v) is 21.6. The van der Waals surface area contributed by atoms with E-state index in [0.29, 0.717) is 47.3 Å². The monoisotopic (exact) mass is 586 g/mol. The minimum atomic E-state index is -5.01. The molecule has 14 heteroatoms. The molecule has 2 aliphatic rings. The van der Waals surface area contributed by atoms with E-state index in [1.165, 1.54) is 17.0 Å². The number of hydrogen-bond donors (Lipinski definition) is 0. The van der Waals surface area contributed by atoms with Crippen LogP contribution in [0, 0.1) is 0 Å². The minimum Gasteiger partial charge on any atom is -0.303 e. The molecule has 2 saturated heterocycles. The molecule has 2 atom stereocenters. The summed E-state index contributed by atoms with van der Waals surface area (Å²) in [6.45, 7) is 0.224. The summed E-state index contributed by atoms with van der Waals surface area (Å²) in [6.07, 6.45) is -8.13. The topological polar surface area (TPSA) is 58.4 Å². The number of piperidine rings is 1. The molecular weight excluding hydrogens is 565 g/mol. The second-order valence-electron chi connectivity index (χ2n) is 9.67. The van der Waals surface area contributed by atoms with Crippen LogP contribution in [0.2, 0.25) is 0 Å². The van der Waals surface area contributed by atoms with Crippen molar-refractivity contribution in [2.45, 2.75) is 37.5 Å². The van der Waals surface area contributed by atoms with Gasteiger partial charge >= 0.3 is 12.4 Å². The van der Waals surface area contributed by atoms with Crippen molar-refractivity contribution in [2.75, 3.05) is 20.1 Å². The van der Waals surface area contributed by atoms with Gasteiger partial charge in [0.15, 0.2) is 0 Å². The highest BCUT2D eigenvalue weighted by molar-refractivity contribution is 8.18. The largest absolute Gasteiger partial charge is 0.416 e. The van der Waals surface area contributed by atoms with Crippen molar-refractivity contribution in [3.63, 3.8) is 0 Å². The van der Waals surface area contributed by atoms with E-state index in [1.54, 1.807) is 30.1 Å². The van der Waals surface area contributed by atoms with Gasteiger partial charge in [0.1, 0.15) is 6.17 Å². The molecule has 1 aromatic heterocycles. The van der Waals surface area contributed by atoms with Crippen LogP contribution in [0.5, 0.6) is 0 Å². The summed E-state index contributed by atoms with van der Waals surface area (Å²) >= 11 is 0.703. The highest BCUT2D eigenvalue weighted by Gasteiger charge is 2.44. The molecule has 3 aromatic rings. The number of rotatable bonds is 4. The Morgan fingerprint density at radius 3 is 2.48 bits per heavy atom. The van der Waals surface area contributed by atoms with Crippen LogP contribution >= 0.6 is 11.8 Å². The van der Waals surface area contributed by atoms with E-state index in [0.717, 1.165) is 11.0 Å². The molecule has 0 saturated carbocycles. The number of halogens is 7. The maximum atomic E-state index is 14.6. The maximum Gasteiger partial charge on any atom is 0.416 e. The van der Waals surface area contributed by atoms with Crippen molar-refractivity contribution in [1.82, 2.24) is 19.6 Å². The summed E-state index contributed by atoms with van der Waals surface area (Å²) in [5.74, 6) is -0.593. The van der Waals surface area contributed by atoms with E-state index in [9.17, 15) is 40.3 Å². The van der Waals surface area contributed by atoms with Crippen LogP contribution < -0.4 is 0 Å². The summed E-state index contributed by atoms with van der Waals surface area (Å²) < 4.78 is 95.5. The van der Waals surface area contributed by atoms with Crippen molar-refractivity contribution in [1.29, 1.82) is 0 Å². The molecular formula is C26H21F7N4O2S. The molecule has 2 aromatic carbocycles. The van der Waals surface area contributed by atoms with Gasteiger partial charge in [-0.15, -0.1) is 0 Å². The van der Waals surface area contributed by atoms with E-state index in [4.69, 9.17) is 0 Å². The van der Waals surface area contributed by atoms with Gasteiger partial charge in [0.2, 0.25) is 0 Å². The molecule has 40 heavy (non-hydrogen) atoms. The van der Waals surface area contributed by atoms with Gasteiger partial charge in [-0.2, -0.15) is 31.4 Å². The first-order valence-electron chi connectivity index (χ1n) is 12.0. The third-order valence-electron chi connectivity index (χ3n) is 6.89. The standard InChI is InChI=1S/C26H21F7N4O2S/c1-35-7-6-21(19(27)13-35)37-23(38)22(40-24(37)39)9-14-2-5-20-16(8-14)11-34-36(20)12-15-3-4-17(25(28,29)30)10-18(15)26(31,32)33/h2-5,8-11,19,21H,6-7,12-13H2,1H3/t19-,21-/m1/s1. The smallest absolute Gasteiger partial charge is 0.303 e. The Kier molecular flexibility index (Phi) is 7.19. The average Bonchev–Trinajstić information content (AvgIpc) is 3.37. The van der Waals surface area contributed by atoms with Crippen molar-refractivity contribution in [3.8, 4) is 0 Å². The number of alkyl halides is 7. The van der Waals surface area contributed by atoms with Crippen molar-refractivity contribution < 1.29 is 40.3 Å². The second-order valence-corrected chi connectivity index (χ2v) is 10.7. The van der Waals surface area contributed by atoms with E-state index in [-0.39, 0.29) is 23.1 Å². The Hall–Kier alpha value is -3.39. The van der Waals surface area contributed by atoms with Gasteiger partial charge in [-0.1, -0.05) is 12.1 Å².